The van der Waals surface area contributed by atoms with Crippen molar-refractivity contribution in [3.63, 3.8) is 0 Å². The fraction of sp³-hybridized carbons (Fsp3) is 0.632. The molecule has 1 amide bonds. The molecule has 1 aromatic carbocycles. The third-order valence-electron chi connectivity index (χ3n) is 5.30. The molecule has 7 heteroatoms. The van der Waals surface area contributed by atoms with Crippen LogP contribution >= 0.6 is 0 Å². The van der Waals surface area contributed by atoms with Crippen molar-refractivity contribution in [3.8, 4) is 5.75 Å². The van der Waals surface area contributed by atoms with Crippen LogP contribution < -0.4 is 4.74 Å². The monoisotopic (exact) mass is 370 g/mol. The van der Waals surface area contributed by atoms with E-state index in [4.69, 9.17) is 4.74 Å². The number of rotatable bonds is 5. The lowest BCUT2D eigenvalue weighted by Gasteiger charge is -2.36. The maximum Gasteiger partial charge on any atom is 0.389 e. The van der Waals surface area contributed by atoms with Crippen LogP contribution in [0.3, 0.4) is 0 Å². The number of alkyl halides is 3. The minimum absolute atomic E-state index is 0.0210. The molecule has 3 heterocycles. The largest absolute Gasteiger partial charge is 0.497 e. The first-order valence-electron chi connectivity index (χ1n) is 9.05. The zero-order valence-corrected chi connectivity index (χ0v) is 15.0. The maximum atomic E-state index is 12.4. The Hall–Kier alpha value is -1.76. The van der Waals surface area contributed by atoms with E-state index < -0.39 is 19.0 Å². The average molecular weight is 370 g/mol. The van der Waals surface area contributed by atoms with Gasteiger partial charge in [-0.3, -0.25) is 9.69 Å². The molecular weight excluding hydrogens is 345 g/mol. The van der Waals surface area contributed by atoms with Gasteiger partial charge in [0.2, 0.25) is 5.91 Å². The smallest absolute Gasteiger partial charge is 0.389 e. The molecule has 0 spiro atoms. The van der Waals surface area contributed by atoms with Crippen molar-refractivity contribution < 1.29 is 22.7 Å². The van der Waals surface area contributed by atoms with Gasteiger partial charge in [0.25, 0.3) is 0 Å². The molecule has 4 rings (SSSR count). The van der Waals surface area contributed by atoms with Crippen LogP contribution in [0, 0.1) is 5.92 Å². The van der Waals surface area contributed by atoms with Gasteiger partial charge in [-0.1, -0.05) is 12.1 Å². The van der Waals surface area contributed by atoms with Gasteiger partial charge in [-0.15, -0.1) is 0 Å². The van der Waals surface area contributed by atoms with E-state index >= 15 is 0 Å². The Morgan fingerprint density at radius 3 is 2.54 bits per heavy atom. The first kappa shape index (κ1) is 19.0. The summed E-state index contributed by atoms with van der Waals surface area (Å²) in [5.74, 6) is 0.788. The van der Waals surface area contributed by atoms with Crippen molar-refractivity contribution in [1.82, 2.24) is 9.80 Å². The van der Waals surface area contributed by atoms with E-state index in [-0.39, 0.29) is 11.9 Å². The van der Waals surface area contributed by atoms with Gasteiger partial charge in [-0.25, -0.2) is 0 Å². The predicted molar refractivity (Wildman–Crippen MR) is 91.8 cm³/mol. The molecule has 2 atom stereocenters. The molecule has 0 radical (unpaired) electrons. The Morgan fingerprint density at radius 1 is 1.15 bits per heavy atom. The molecule has 0 aromatic heterocycles. The van der Waals surface area contributed by atoms with Crippen LogP contribution in [0.2, 0.25) is 0 Å². The Balaban J connectivity index is 1.61. The third kappa shape index (κ3) is 4.90. The summed E-state index contributed by atoms with van der Waals surface area (Å²) in [6.07, 6.45) is -3.84. The van der Waals surface area contributed by atoms with Crippen molar-refractivity contribution in [3.05, 3.63) is 29.8 Å². The van der Waals surface area contributed by atoms with Gasteiger partial charge in [0.15, 0.2) is 0 Å². The van der Waals surface area contributed by atoms with Crippen LogP contribution in [0.1, 0.15) is 31.2 Å². The van der Waals surface area contributed by atoms with Crippen LogP contribution in [0.5, 0.6) is 5.75 Å². The van der Waals surface area contributed by atoms with Gasteiger partial charge >= 0.3 is 6.18 Å². The van der Waals surface area contributed by atoms with E-state index in [1.807, 2.05) is 24.3 Å². The molecule has 26 heavy (non-hydrogen) atoms. The summed E-state index contributed by atoms with van der Waals surface area (Å²) in [6.45, 7) is 2.97. The zero-order chi connectivity index (χ0) is 18.7. The Bertz CT molecular complexity index is 618. The lowest BCUT2D eigenvalue weighted by Crippen LogP contribution is -2.47. The number of nitrogens with zero attached hydrogens (tertiary/aromatic N) is 2. The second-order valence-electron chi connectivity index (χ2n) is 7.30. The number of carbonyl (C=O) groups is 1. The van der Waals surface area contributed by atoms with Gasteiger partial charge < -0.3 is 9.64 Å². The fourth-order valence-corrected chi connectivity index (χ4v) is 4.00. The highest BCUT2D eigenvalue weighted by Gasteiger charge is 2.38. The lowest BCUT2D eigenvalue weighted by atomic mass is 9.94. The average Bonchev–Trinajstić information content (AvgIpc) is 2.90. The van der Waals surface area contributed by atoms with E-state index in [0.717, 1.165) is 38.2 Å². The molecule has 2 bridgehead atoms. The molecule has 0 unspecified atom stereocenters. The van der Waals surface area contributed by atoms with Gasteiger partial charge in [-0.05, 0) is 36.5 Å². The van der Waals surface area contributed by atoms with Crippen LogP contribution in [0.15, 0.2) is 24.3 Å². The minimum Gasteiger partial charge on any atom is -0.497 e. The quantitative estimate of drug-likeness (QED) is 0.796. The normalized spacial score (nSPS) is 23.8. The molecule has 4 nitrogen and oxygen atoms in total. The summed E-state index contributed by atoms with van der Waals surface area (Å²) >= 11 is 0. The highest BCUT2D eigenvalue weighted by Crippen LogP contribution is 2.30. The fourth-order valence-electron chi connectivity index (χ4n) is 4.00. The highest BCUT2D eigenvalue weighted by molar-refractivity contribution is 5.76. The summed E-state index contributed by atoms with van der Waals surface area (Å²) in [6, 6.07) is 7.92. The molecule has 3 fully saturated rings. The lowest BCUT2D eigenvalue weighted by molar-refractivity contribution is -0.151. The summed E-state index contributed by atoms with van der Waals surface area (Å²) in [5.41, 5.74) is 1.17. The Labute approximate surface area is 151 Å². The standard InChI is InChI=1S/C19H25F3N2O2/c1-26-17-6-3-14(4-7-17)10-23-11-15-2-5-16(13-23)24(12-15)18(25)8-9-19(20,21)22/h3-4,6-7,15-16H,2,5,8-13H2,1H3/t15-,16+/m1/s1. The molecule has 144 valence electrons. The number of hydrogen-bond donors (Lipinski definition) is 0. The molecule has 0 saturated carbocycles. The van der Waals surface area contributed by atoms with Crippen molar-refractivity contribution in [2.24, 2.45) is 5.92 Å². The summed E-state index contributed by atoms with van der Waals surface area (Å²) in [5, 5.41) is 0. The second-order valence-corrected chi connectivity index (χ2v) is 7.30. The topological polar surface area (TPSA) is 32.8 Å². The molecule has 0 N–H and O–H groups in total. The number of hydrogen-bond acceptors (Lipinski definition) is 3. The third-order valence-corrected chi connectivity index (χ3v) is 5.30. The van der Waals surface area contributed by atoms with Gasteiger partial charge in [0, 0.05) is 38.6 Å². The van der Waals surface area contributed by atoms with Crippen molar-refractivity contribution in [1.29, 1.82) is 0 Å². The van der Waals surface area contributed by atoms with E-state index in [0.29, 0.717) is 12.5 Å². The number of carbonyl (C=O) groups excluding carboxylic acids is 1. The number of piperidine rings is 1. The number of methoxy groups -OCH3 is 1. The zero-order valence-electron chi connectivity index (χ0n) is 15.0. The highest BCUT2D eigenvalue weighted by atomic mass is 19.4. The molecule has 0 aliphatic carbocycles. The van der Waals surface area contributed by atoms with Gasteiger partial charge in [-0.2, -0.15) is 13.2 Å². The number of benzene rings is 1. The van der Waals surface area contributed by atoms with Crippen LogP contribution in [0.4, 0.5) is 13.2 Å². The summed E-state index contributed by atoms with van der Waals surface area (Å²) in [7, 11) is 1.63. The van der Waals surface area contributed by atoms with Gasteiger partial charge in [0.05, 0.1) is 13.5 Å². The minimum atomic E-state index is -4.28. The van der Waals surface area contributed by atoms with E-state index in [1.165, 1.54) is 5.56 Å². The predicted octanol–water partition coefficient (Wildman–Crippen LogP) is 3.46. The van der Waals surface area contributed by atoms with Crippen molar-refractivity contribution in [2.45, 2.75) is 44.4 Å². The van der Waals surface area contributed by atoms with Crippen molar-refractivity contribution in [2.75, 3.05) is 26.7 Å². The molecule has 1 aromatic rings. The number of ether oxygens (including phenoxy) is 1. The molecule has 3 saturated heterocycles. The number of fused-ring (bicyclic) bond motifs is 4. The van der Waals surface area contributed by atoms with Gasteiger partial charge in [0.1, 0.15) is 5.75 Å². The van der Waals surface area contributed by atoms with Crippen LogP contribution in [-0.4, -0.2) is 54.7 Å². The van der Waals surface area contributed by atoms with E-state index in [2.05, 4.69) is 4.90 Å². The summed E-state index contributed by atoms with van der Waals surface area (Å²) < 4.78 is 42.4. The maximum absolute atomic E-state index is 12.4. The number of halogens is 3. The van der Waals surface area contributed by atoms with Crippen LogP contribution in [0.25, 0.3) is 0 Å². The van der Waals surface area contributed by atoms with E-state index in [9.17, 15) is 18.0 Å². The first-order chi connectivity index (χ1) is 12.3. The number of amides is 1. The van der Waals surface area contributed by atoms with E-state index in [1.54, 1.807) is 12.0 Å². The second kappa shape index (κ2) is 7.86. The SMILES string of the molecule is COc1ccc(CN2C[C@H]3CC[C@@H](C2)N(C(=O)CCC(F)(F)F)C3)cc1. The molecule has 3 aliphatic rings. The first-order valence-corrected chi connectivity index (χ1v) is 9.05. The summed E-state index contributed by atoms with van der Waals surface area (Å²) in [4.78, 5) is 16.3. The van der Waals surface area contributed by atoms with Crippen LogP contribution in [-0.2, 0) is 11.3 Å². The Kier molecular flexibility index (Phi) is 5.75. The molecule has 3 aliphatic heterocycles. The Morgan fingerprint density at radius 2 is 1.88 bits per heavy atom. The van der Waals surface area contributed by atoms with Crippen molar-refractivity contribution >= 4 is 5.91 Å². The molecular formula is C19H25F3N2O2.